The molecular weight excluding hydrogens is 234 g/mol. The number of pyridine rings is 1. The summed E-state index contributed by atoms with van der Waals surface area (Å²) in [6.07, 6.45) is 1.66. The summed E-state index contributed by atoms with van der Waals surface area (Å²) >= 11 is 0. The number of nitrogens with zero attached hydrogens (tertiary/aromatic N) is 1. The lowest BCUT2D eigenvalue weighted by atomic mass is 10.0. The zero-order valence-electron chi connectivity index (χ0n) is 10.1. The van der Waals surface area contributed by atoms with E-state index in [0.717, 1.165) is 5.69 Å². The highest BCUT2D eigenvalue weighted by Gasteiger charge is 2.35. The number of aromatic nitrogens is 1. The molecular formula is C14H14F2N2. The Balaban J connectivity index is 2.15. The Kier molecular flexibility index (Phi) is 3.73. The van der Waals surface area contributed by atoms with Gasteiger partial charge in [-0.15, -0.1) is 0 Å². The molecule has 18 heavy (non-hydrogen) atoms. The van der Waals surface area contributed by atoms with Crippen molar-refractivity contribution in [3.8, 4) is 11.8 Å². The third-order valence-corrected chi connectivity index (χ3v) is 2.72. The summed E-state index contributed by atoms with van der Waals surface area (Å²) in [6.45, 7) is 2.14. The smallest absolute Gasteiger partial charge is 0.282 e. The first-order chi connectivity index (χ1) is 8.58. The van der Waals surface area contributed by atoms with Gasteiger partial charge in [-0.25, -0.2) is 13.8 Å². The van der Waals surface area contributed by atoms with Crippen LogP contribution in [-0.4, -0.2) is 24.0 Å². The first kappa shape index (κ1) is 12.7. The van der Waals surface area contributed by atoms with E-state index in [1.807, 2.05) is 19.1 Å². The maximum atomic E-state index is 13.4. The van der Waals surface area contributed by atoms with Gasteiger partial charge in [-0.3, -0.25) is 0 Å². The van der Waals surface area contributed by atoms with Gasteiger partial charge >= 0.3 is 0 Å². The fourth-order valence-corrected chi connectivity index (χ4v) is 1.75. The monoisotopic (exact) mass is 248 g/mol. The van der Waals surface area contributed by atoms with E-state index < -0.39 is 5.92 Å². The summed E-state index contributed by atoms with van der Waals surface area (Å²) in [7, 11) is 0. The number of hydrogen-bond acceptors (Lipinski definition) is 2. The van der Waals surface area contributed by atoms with Gasteiger partial charge in [0, 0.05) is 11.3 Å². The molecule has 94 valence electrons. The minimum atomic E-state index is -2.78. The highest BCUT2D eigenvalue weighted by molar-refractivity contribution is 5.35. The Morgan fingerprint density at radius 1 is 1.44 bits per heavy atom. The predicted molar refractivity (Wildman–Crippen MR) is 66.4 cm³/mol. The van der Waals surface area contributed by atoms with Gasteiger partial charge in [0.1, 0.15) is 5.69 Å². The molecule has 0 atom stereocenters. The first-order valence-corrected chi connectivity index (χ1v) is 5.81. The molecule has 0 unspecified atom stereocenters. The molecule has 0 bridgehead atoms. The van der Waals surface area contributed by atoms with E-state index >= 15 is 0 Å². The second-order valence-corrected chi connectivity index (χ2v) is 4.23. The third-order valence-electron chi connectivity index (χ3n) is 2.72. The number of aryl methyl sites for hydroxylation is 1. The number of hydrogen-bond donors (Lipinski definition) is 1. The van der Waals surface area contributed by atoms with Crippen LogP contribution in [0.4, 0.5) is 8.78 Å². The second-order valence-electron chi connectivity index (χ2n) is 4.23. The van der Waals surface area contributed by atoms with E-state index in [1.54, 1.807) is 6.07 Å². The minimum Gasteiger partial charge on any atom is -0.311 e. The van der Waals surface area contributed by atoms with E-state index in [0.29, 0.717) is 18.7 Å². The van der Waals surface area contributed by atoms with Crippen molar-refractivity contribution in [2.24, 2.45) is 0 Å². The molecule has 1 aliphatic rings. The lowest BCUT2D eigenvalue weighted by Gasteiger charge is -2.25. The van der Waals surface area contributed by atoms with Crippen LogP contribution >= 0.6 is 0 Å². The summed E-state index contributed by atoms with van der Waals surface area (Å²) in [4.78, 5) is 4.19. The van der Waals surface area contributed by atoms with E-state index in [4.69, 9.17) is 0 Å². The highest BCUT2D eigenvalue weighted by atomic mass is 19.3. The van der Waals surface area contributed by atoms with Crippen LogP contribution in [0, 0.1) is 18.8 Å². The molecule has 1 aromatic rings. The molecule has 1 fully saturated rings. The predicted octanol–water partition coefficient (Wildman–Crippen LogP) is 2.30. The summed E-state index contributed by atoms with van der Waals surface area (Å²) in [5, 5.41) is 2.67. The van der Waals surface area contributed by atoms with Crippen molar-refractivity contribution in [3.63, 3.8) is 0 Å². The van der Waals surface area contributed by atoms with Gasteiger partial charge in [-0.05, 0) is 44.0 Å². The largest absolute Gasteiger partial charge is 0.311 e. The van der Waals surface area contributed by atoms with Crippen LogP contribution in [0.15, 0.2) is 29.8 Å². The number of allylic oxidation sites excluding steroid dienone is 1. The molecule has 0 spiro atoms. The average Bonchev–Trinajstić information content (AvgIpc) is 2.31. The molecule has 2 rings (SSSR count). The molecule has 0 aromatic carbocycles. The fourth-order valence-electron chi connectivity index (χ4n) is 1.75. The van der Waals surface area contributed by atoms with Gasteiger partial charge in [-0.1, -0.05) is 12.0 Å². The quantitative estimate of drug-likeness (QED) is 0.713. The Bertz CT molecular complexity index is 524. The molecule has 0 aliphatic carbocycles. The molecule has 4 heteroatoms. The second kappa shape index (κ2) is 5.28. The van der Waals surface area contributed by atoms with Crippen molar-refractivity contribution >= 4 is 0 Å². The van der Waals surface area contributed by atoms with E-state index in [1.165, 1.54) is 6.08 Å². The number of piperidine rings is 1. The van der Waals surface area contributed by atoms with Crippen LogP contribution < -0.4 is 5.32 Å². The van der Waals surface area contributed by atoms with Crippen LogP contribution in [0.1, 0.15) is 17.8 Å². The SMILES string of the molecule is Cc1cccc(C#C/C=C2\CCNCC2(F)F)n1. The zero-order chi connectivity index (χ0) is 13.0. The summed E-state index contributed by atoms with van der Waals surface area (Å²) in [5.74, 6) is 2.67. The van der Waals surface area contributed by atoms with Crippen LogP contribution in [-0.2, 0) is 0 Å². The van der Waals surface area contributed by atoms with E-state index in [-0.39, 0.29) is 12.1 Å². The van der Waals surface area contributed by atoms with Gasteiger partial charge in [0.25, 0.3) is 5.92 Å². The van der Waals surface area contributed by atoms with Crippen LogP contribution in [0.2, 0.25) is 0 Å². The molecule has 1 saturated heterocycles. The normalized spacial score (nSPS) is 20.3. The maximum Gasteiger partial charge on any atom is 0.282 e. The Hall–Kier alpha value is -1.73. The Labute approximate surface area is 105 Å². The van der Waals surface area contributed by atoms with Gasteiger partial charge in [0.15, 0.2) is 0 Å². The molecule has 2 heterocycles. The summed E-state index contributed by atoms with van der Waals surface area (Å²) < 4.78 is 26.9. The Morgan fingerprint density at radius 3 is 3.00 bits per heavy atom. The standard InChI is InChI=1S/C14H14F2N2/c1-11-4-2-6-13(18-11)7-3-5-12-8-9-17-10-14(12,15)16/h2,4-6,17H,8-10H2,1H3/b12-5+. The lowest BCUT2D eigenvalue weighted by molar-refractivity contribution is 0.0285. The summed E-state index contributed by atoms with van der Waals surface area (Å²) in [6, 6.07) is 5.47. The lowest BCUT2D eigenvalue weighted by Crippen LogP contribution is -2.40. The number of halogens is 2. The van der Waals surface area contributed by atoms with Gasteiger partial charge in [-0.2, -0.15) is 0 Å². The molecule has 1 aliphatic heterocycles. The van der Waals surface area contributed by atoms with Crippen molar-refractivity contribution in [1.82, 2.24) is 10.3 Å². The summed E-state index contributed by atoms with van der Waals surface area (Å²) in [5.41, 5.74) is 1.56. The maximum absolute atomic E-state index is 13.4. The zero-order valence-corrected chi connectivity index (χ0v) is 10.1. The van der Waals surface area contributed by atoms with Crippen molar-refractivity contribution in [2.75, 3.05) is 13.1 Å². The molecule has 0 amide bonds. The molecule has 1 N–H and O–H groups in total. The first-order valence-electron chi connectivity index (χ1n) is 5.81. The van der Waals surface area contributed by atoms with Gasteiger partial charge in [0.2, 0.25) is 0 Å². The number of nitrogens with one attached hydrogen (secondary N) is 1. The van der Waals surface area contributed by atoms with Crippen molar-refractivity contribution in [3.05, 3.63) is 41.2 Å². The van der Waals surface area contributed by atoms with Crippen LogP contribution in [0.25, 0.3) is 0 Å². The number of rotatable bonds is 0. The van der Waals surface area contributed by atoms with Crippen molar-refractivity contribution in [1.29, 1.82) is 0 Å². The van der Waals surface area contributed by atoms with Gasteiger partial charge < -0.3 is 5.32 Å². The molecule has 0 radical (unpaired) electrons. The van der Waals surface area contributed by atoms with Crippen LogP contribution in [0.5, 0.6) is 0 Å². The van der Waals surface area contributed by atoms with Crippen molar-refractivity contribution < 1.29 is 8.78 Å². The molecule has 2 nitrogen and oxygen atoms in total. The van der Waals surface area contributed by atoms with Crippen molar-refractivity contribution in [2.45, 2.75) is 19.3 Å². The molecule has 0 saturated carbocycles. The third kappa shape index (κ3) is 3.14. The average molecular weight is 248 g/mol. The highest BCUT2D eigenvalue weighted by Crippen LogP contribution is 2.28. The van der Waals surface area contributed by atoms with Gasteiger partial charge in [0.05, 0.1) is 6.54 Å². The van der Waals surface area contributed by atoms with E-state index in [9.17, 15) is 8.78 Å². The van der Waals surface area contributed by atoms with Crippen LogP contribution in [0.3, 0.4) is 0 Å². The Morgan fingerprint density at radius 2 is 2.28 bits per heavy atom. The number of alkyl halides is 2. The fraction of sp³-hybridized carbons (Fsp3) is 0.357. The minimum absolute atomic E-state index is 0.0985. The van der Waals surface area contributed by atoms with E-state index in [2.05, 4.69) is 22.1 Å². The topological polar surface area (TPSA) is 24.9 Å². The molecule has 1 aromatic heterocycles.